The molecule has 1 fully saturated rings. The van der Waals surface area contributed by atoms with Crippen LogP contribution in [0.3, 0.4) is 0 Å². The number of hydrogen-bond donors (Lipinski definition) is 1. The molecule has 126 valence electrons. The number of amides is 1. The molecule has 0 spiro atoms. The summed E-state index contributed by atoms with van der Waals surface area (Å²) >= 11 is 1.17. The van der Waals surface area contributed by atoms with Crippen LogP contribution in [0.5, 0.6) is 0 Å². The van der Waals surface area contributed by atoms with Crippen molar-refractivity contribution >= 4 is 23.2 Å². The van der Waals surface area contributed by atoms with Gasteiger partial charge < -0.3 is 14.7 Å². The lowest BCUT2D eigenvalue weighted by molar-refractivity contribution is -0.141. The molecule has 1 N–H and O–H groups in total. The van der Waals surface area contributed by atoms with Crippen molar-refractivity contribution in [3.05, 3.63) is 29.0 Å². The van der Waals surface area contributed by atoms with Crippen LogP contribution in [0.15, 0.2) is 18.5 Å². The molecule has 1 amide bonds. The third-order valence-electron chi connectivity index (χ3n) is 3.89. The van der Waals surface area contributed by atoms with Gasteiger partial charge in [0, 0.05) is 32.5 Å². The number of carboxylic acids is 1. The quantitative estimate of drug-likeness (QED) is 0.885. The Balaban J connectivity index is 1.90. The number of nitrogens with zero attached hydrogens (tertiary/aromatic N) is 4. The molecule has 3 heterocycles. The van der Waals surface area contributed by atoms with Crippen LogP contribution in [0.1, 0.15) is 21.8 Å². The van der Waals surface area contributed by atoms with Crippen molar-refractivity contribution in [3.63, 3.8) is 0 Å². The monoisotopic (exact) mass is 348 g/mol. The van der Waals surface area contributed by atoms with Crippen LogP contribution >= 0.6 is 11.3 Å². The van der Waals surface area contributed by atoms with Gasteiger partial charge in [-0.1, -0.05) is 0 Å². The number of carbonyl (C=O) groups is 2. The largest absolute Gasteiger partial charge is 0.480 e. The van der Waals surface area contributed by atoms with E-state index in [0.29, 0.717) is 21.4 Å². The molecule has 0 bridgehead atoms. The zero-order valence-electron chi connectivity index (χ0n) is 13.2. The third-order valence-corrected chi connectivity index (χ3v) is 5.03. The maximum absolute atomic E-state index is 12.8. The molecule has 1 aliphatic rings. The van der Waals surface area contributed by atoms with Gasteiger partial charge >= 0.3 is 5.97 Å². The first-order valence-corrected chi connectivity index (χ1v) is 8.14. The van der Waals surface area contributed by atoms with Gasteiger partial charge in [-0.2, -0.15) is 0 Å². The molecule has 8 nitrogen and oxygen atoms in total. The highest BCUT2D eigenvalue weighted by Crippen LogP contribution is 2.29. The molecule has 24 heavy (non-hydrogen) atoms. The van der Waals surface area contributed by atoms with E-state index in [2.05, 4.69) is 15.0 Å². The van der Waals surface area contributed by atoms with Crippen molar-refractivity contribution in [3.8, 4) is 10.8 Å². The van der Waals surface area contributed by atoms with Crippen LogP contribution in [0, 0.1) is 6.92 Å². The lowest BCUT2D eigenvalue weighted by Crippen LogP contribution is -2.40. The third kappa shape index (κ3) is 3.00. The summed E-state index contributed by atoms with van der Waals surface area (Å²) < 4.78 is 5.22. The first-order valence-electron chi connectivity index (χ1n) is 7.32. The topological polar surface area (TPSA) is 106 Å². The summed E-state index contributed by atoms with van der Waals surface area (Å²) in [5.41, 5.74) is 0.539. The molecule has 3 rings (SSSR count). The predicted molar refractivity (Wildman–Crippen MR) is 85.8 cm³/mol. The molecule has 9 heteroatoms. The Hall–Kier alpha value is -2.39. The van der Waals surface area contributed by atoms with Crippen LogP contribution < -0.4 is 0 Å². The van der Waals surface area contributed by atoms with Gasteiger partial charge in [-0.15, -0.1) is 11.3 Å². The van der Waals surface area contributed by atoms with Gasteiger partial charge in [-0.05, 0) is 13.0 Å². The summed E-state index contributed by atoms with van der Waals surface area (Å²) in [6.07, 6.45) is 3.21. The number of rotatable bonds is 4. The second kappa shape index (κ2) is 6.62. The maximum Gasteiger partial charge on any atom is 0.326 e. The molecule has 1 aliphatic heterocycles. The number of ether oxygens (including phenoxy) is 1. The lowest BCUT2D eigenvalue weighted by atomic mass is 10.2. The highest BCUT2D eigenvalue weighted by atomic mass is 32.1. The number of carbonyl (C=O) groups excluding carboxylic acids is 1. The molecule has 2 aromatic heterocycles. The first-order chi connectivity index (χ1) is 11.5. The molecular weight excluding hydrogens is 332 g/mol. The summed E-state index contributed by atoms with van der Waals surface area (Å²) in [5.74, 6) is -0.938. The fourth-order valence-electron chi connectivity index (χ4n) is 2.66. The maximum atomic E-state index is 12.8. The van der Waals surface area contributed by atoms with Crippen LogP contribution in [0.4, 0.5) is 0 Å². The average Bonchev–Trinajstić information content (AvgIpc) is 3.19. The van der Waals surface area contributed by atoms with Gasteiger partial charge in [0.25, 0.3) is 5.91 Å². The zero-order valence-corrected chi connectivity index (χ0v) is 14.0. The zero-order chi connectivity index (χ0) is 17.3. The van der Waals surface area contributed by atoms with Gasteiger partial charge in [0.15, 0.2) is 10.8 Å². The number of aliphatic carboxylic acids is 1. The van der Waals surface area contributed by atoms with E-state index in [1.54, 1.807) is 25.4 Å². The van der Waals surface area contributed by atoms with E-state index < -0.39 is 12.0 Å². The van der Waals surface area contributed by atoms with E-state index in [1.165, 1.54) is 23.3 Å². The number of aryl methyl sites for hydroxylation is 1. The minimum Gasteiger partial charge on any atom is -0.480 e. The van der Waals surface area contributed by atoms with Crippen molar-refractivity contribution in [2.75, 3.05) is 13.7 Å². The number of methoxy groups -OCH3 is 1. The van der Waals surface area contributed by atoms with Crippen molar-refractivity contribution < 1.29 is 19.4 Å². The van der Waals surface area contributed by atoms with Crippen LogP contribution in [0.2, 0.25) is 0 Å². The van der Waals surface area contributed by atoms with Crippen molar-refractivity contribution in [1.82, 2.24) is 19.9 Å². The Morgan fingerprint density at radius 3 is 2.71 bits per heavy atom. The molecule has 2 unspecified atom stereocenters. The summed E-state index contributed by atoms with van der Waals surface area (Å²) in [5, 5.41) is 9.90. The number of thiazole rings is 1. The number of carboxylic acid groups (broad SMARTS) is 1. The molecule has 1 saturated heterocycles. The van der Waals surface area contributed by atoms with E-state index in [4.69, 9.17) is 4.74 Å². The average molecular weight is 348 g/mol. The standard InChI is InChI=1S/C15H16N4O4S/c1-8-11(24-13(18-8)12-16-4-3-5-17-12)14(20)19-7-9(23-2)6-10(19)15(21)22/h3-5,9-10H,6-7H2,1-2H3,(H,21,22). The summed E-state index contributed by atoms with van der Waals surface area (Å²) in [6, 6.07) is 0.808. The van der Waals surface area contributed by atoms with Crippen LogP contribution in [-0.4, -0.2) is 62.6 Å². The molecule has 0 radical (unpaired) electrons. The molecular formula is C15H16N4O4S. The van der Waals surface area contributed by atoms with Crippen molar-refractivity contribution in [2.24, 2.45) is 0 Å². The predicted octanol–water partition coefficient (Wildman–Crippen LogP) is 1.22. The SMILES string of the molecule is COC1CC(C(=O)O)N(C(=O)c2sc(-c3ncccn3)nc2C)C1. The normalized spacial score (nSPS) is 20.3. The van der Waals surface area contributed by atoms with Crippen molar-refractivity contribution in [1.29, 1.82) is 0 Å². The molecule has 2 aromatic rings. The van der Waals surface area contributed by atoms with Crippen LogP contribution in [-0.2, 0) is 9.53 Å². The minimum atomic E-state index is -1.03. The van der Waals surface area contributed by atoms with Gasteiger partial charge in [0.1, 0.15) is 10.9 Å². The summed E-state index contributed by atoms with van der Waals surface area (Å²) in [4.78, 5) is 38.6. The van der Waals surface area contributed by atoms with Crippen molar-refractivity contribution in [2.45, 2.75) is 25.5 Å². The molecule has 0 aromatic carbocycles. The second-order valence-corrected chi connectivity index (χ2v) is 6.41. The highest BCUT2D eigenvalue weighted by molar-refractivity contribution is 7.17. The lowest BCUT2D eigenvalue weighted by Gasteiger charge is -2.20. The minimum absolute atomic E-state index is 0.251. The molecule has 0 saturated carbocycles. The summed E-state index contributed by atoms with van der Waals surface area (Å²) in [6.45, 7) is 1.97. The Morgan fingerprint density at radius 2 is 2.08 bits per heavy atom. The van der Waals surface area contributed by atoms with E-state index >= 15 is 0 Å². The smallest absolute Gasteiger partial charge is 0.326 e. The fourth-order valence-corrected chi connectivity index (χ4v) is 3.63. The van der Waals surface area contributed by atoms with Gasteiger partial charge in [0.05, 0.1) is 11.8 Å². The second-order valence-electron chi connectivity index (χ2n) is 5.41. The number of likely N-dealkylation sites (tertiary alicyclic amines) is 1. The Kier molecular flexibility index (Phi) is 4.54. The fraction of sp³-hybridized carbons (Fsp3) is 0.400. The van der Waals surface area contributed by atoms with E-state index in [-0.39, 0.29) is 25.0 Å². The molecule has 0 aliphatic carbocycles. The van der Waals surface area contributed by atoms with Crippen LogP contribution in [0.25, 0.3) is 10.8 Å². The first kappa shape index (κ1) is 16.5. The highest BCUT2D eigenvalue weighted by Gasteiger charge is 2.41. The van der Waals surface area contributed by atoms with Gasteiger partial charge in [0.2, 0.25) is 0 Å². The summed E-state index contributed by atoms with van der Waals surface area (Å²) in [7, 11) is 1.51. The Bertz CT molecular complexity index is 764. The molecule has 2 atom stereocenters. The van der Waals surface area contributed by atoms with Gasteiger partial charge in [-0.3, -0.25) is 4.79 Å². The Morgan fingerprint density at radius 1 is 1.38 bits per heavy atom. The van der Waals surface area contributed by atoms with E-state index in [1.807, 2.05) is 0 Å². The van der Waals surface area contributed by atoms with Gasteiger partial charge in [-0.25, -0.2) is 19.7 Å². The number of hydrogen-bond acceptors (Lipinski definition) is 7. The Labute approximate surface area is 142 Å². The van der Waals surface area contributed by atoms with E-state index in [0.717, 1.165) is 0 Å². The number of aromatic nitrogens is 3. The van der Waals surface area contributed by atoms with E-state index in [9.17, 15) is 14.7 Å².